The van der Waals surface area contributed by atoms with Crippen LogP contribution in [0.5, 0.6) is 0 Å². The second-order valence-electron chi connectivity index (χ2n) is 2.95. The predicted octanol–water partition coefficient (Wildman–Crippen LogP) is 1.41. The molecule has 0 fully saturated rings. The van der Waals surface area contributed by atoms with Crippen molar-refractivity contribution in [1.82, 2.24) is 9.38 Å². The van der Waals surface area contributed by atoms with Gasteiger partial charge < -0.3 is 0 Å². The molecule has 0 spiro atoms. The van der Waals surface area contributed by atoms with Gasteiger partial charge in [-0.1, -0.05) is 17.7 Å². The van der Waals surface area contributed by atoms with Crippen LogP contribution in [0.3, 0.4) is 0 Å². The third-order valence-corrected chi connectivity index (χ3v) is 2.35. The van der Waals surface area contributed by atoms with Crippen molar-refractivity contribution in [2.45, 2.75) is 6.42 Å². The van der Waals surface area contributed by atoms with Crippen LogP contribution in [0.25, 0.3) is 5.65 Å². The van der Waals surface area contributed by atoms with Crippen LogP contribution in [-0.2, 0) is 6.42 Å². The molecule has 0 aliphatic heterocycles. The van der Waals surface area contributed by atoms with Gasteiger partial charge >= 0.3 is 0 Å². The van der Waals surface area contributed by atoms with E-state index in [1.165, 1.54) is 4.40 Å². The molecule has 0 N–H and O–H groups in total. The minimum atomic E-state index is -0.285. The van der Waals surface area contributed by atoms with Gasteiger partial charge in [-0.3, -0.25) is 9.20 Å². The van der Waals surface area contributed by atoms with Crippen LogP contribution in [0, 0.1) is 11.3 Å². The Bertz CT molecular complexity index is 612. The number of hydrogen-bond donors (Lipinski definition) is 0. The van der Waals surface area contributed by atoms with E-state index in [-0.39, 0.29) is 22.7 Å². The molecule has 0 saturated carbocycles. The predicted molar refractivity (Wildman–Crippen MR) is 55.8 cm³/mol. The van der Waals surface area contributed by atoms with Crippen LogP contribution in [0.15, 0.2) is 29.2 Å². The molecule has 2 rings (SSSR count). The Hall–Kier alpha value is -1.86. The fraction of sp³-hybridized carbons (Fsp3) is 0.100. The molecular weight excluding hydrogens is 214 g/mol. The van der Waals surface area contributed by atoms with Crippen molar-refractivity contribution in [1.29, 1.82) is 5.26 Å². The molecule has 0 aromatic carbocycles. The van der Waals surface area contributed by atoms with Crippen LogP contribution < -0.4 is 5.56 Å². The average Bonchev–Trinajstić information content (AvgIpc) is 2.24. The molecule has 2 aromatic heterocycles. The minimum absolute atomic E-state index is 0.0253. The summed E-state index contributed by atoms with van der Waals surface area (Å²) in [7, 11) is 0. The van der Waals surface area contributed by atoms with Gasteiger partial charge in [0.15, 0.2) is 0 Å². The lowest BCUT2D eigenvalue weighted by Crippen LogP contribution is -2.19. The zero-order valence-electron chi connectivity index (χ0n) is 7.64. The molecule has 0 unspecified atom stereocenters. The van der Waals surface area contributed by atoms with Gasteiger partial charge in [0.25, 0.3) is 5.56 Å². The van der Waals surface area contributed by atoms with Crippen LogP contribution in [0.2, 0.25) is 5.15 Å². The minimum Gasteiger partial charge on any atom is -0.268 e. The van der Waals surface area contributed by atoms with Crippen LogP contribution in [0.4, 0.5) is 0 Å². The van der Waals surface area contributed by atoms with Crippen molar-refractivity contribution < 1.29 is 0 Å². The maximum Gasteiger partial charge on any atom is 0.263 e. The summed E-state index contributed by atoms with van der Waals surface area (Å²) in [4.78, 5) is 15.9. The number of halogens is 1. The van der Waals surface area contributed by atoms with E-state index in [0.29, 0.717) is 5.65 Å². The zero-order chi connectivity index (χ0) is 10.8. The molecule has 0 atom stereocenters. The van der Waals surface area contributed by atoms with Crippen molar-refractivity contribution >= 4 is 17.2 Å². The van der Waals surface area contributed by atoms with Crippen molar-refractivity contribution in [3.63, 3.8) is 0 Å². The first-order valence-electron chi connectivity index (χ1n) is 4.27. The molecule has 4 nitrogen and oxygen atoms in total. The van der Waals surface area contributed by atoms with E-state index < -0.39 is 0 Å². The van der Waals surface area contributed by atoms with Gasteiger partial charge in [-0.05, 0) is 12.1 Å². The second kappa shape index (κ2) is 3.71. The van der Waals surface area contributed by atoms with Gasteiger partial charge in [0.2, 0.25) is 0 Å². The van der Waals surface area contributed by atoms with Gasteiger partial charge in [0, 0.05) is 6.20 Å². The van der Waals surface area contributed by atoms with E-state index in [1.54, 1.807) is 24.4 Å². The van der Waals surface area contributed by atoms with Crippen molar-refractivity contribution in [3.8, 4) is 6.07 Å². The molecule has 2 heterocycles. The van der Waals surface area contributed by atoms with Gasteiger partial charge in [0.1, 0.15) is 10.8 Å². The Morgan fingerprint density at radius 1 is 1.53 bits per heavy atom. The highest BCUT2D eigenvalue weighted by Gasteiger charge is 2.09. The third kappa shape index (κ3) is 1.58. The van der Waals surface area contributed by atoms with E-state index in [0.717, 1.165) is 0 Å². The fourth-order valence-electron chi connectivity index (χ4n) is 1.33. The Kier molecular flexibility index (Phi) is 2.40. The highest BCUT2D eigenvalue weighted by molar-refractivity contribution is 6.30. The fourth-order valence-corrected chi connectivity index (χ4v) is 1.56. The summed E-state index contributed by atoms with van der Waals surface area (Å²) < 4.78 is 1.37. The van der Waals surface area contributed by atoms with Gasteiger partial charge in [-0.25, -0.2) is 4.98 Å². The lowest BCUT2D eigenvalue weighted by atomic mass is 10.2. The van der Waals surface area contributed by atoms with Gasteiger partial charge in [-0.2, -0.15) is 5.26 Å². The molecule has 74 valence electrons. The highest BCUT2D eigenvalue weighted by atomic mass is 35.5. The summed E-state index contributed by atoms with van der Waals surface area (Å²) in [5.41, 5.74) is 0.434. The first-order chi connectivity index (χ1) is 7.24. The van der Waals surface area contributed by atoms with Crippen LogP contribution in [-0.4, -0.2) is 9.38 Å². The summed E-state index contributed by atoms with van der Waals surface area (Å²) in [5.74, 6) is 0. The number of nitriles is 1. The molecule has 5 heteroatoms. The summed E-state index contributed by atoms with van der Waals surface area (Å²) in [5, 5.41) is 8.66. The molecule has 0 bridgehead atoms. The van der Waals surface area contributed by atoms with E-state index in [2.05, 4.69) is 4.98 Å². The molecule has 0 radical (unpaired) electrons. The molecule has 2 aromatic rings. The lowest BCUT2D eigenvalue weighted by Gasteiger charge is -2.02. The van der Waals surface area contributed by atoms with E-state index >= 15 is 0 Å². The maximum absolute atomic E-state index is 11.8. The molecule has 0 aliphatic rings. The van der Waals surface area contributed by atoms with Crippen molar-refractivity contribution in [2.75, 3.05) is 0 Å². The number of nitrogens with zero attached hydrogens (tertiary/aromatic N) is 3. The summed E-state index contributed by atoms with van der Waals surface area (Å²) in [6.07, 6.45) is 1.57. The highest BCUT2D eigenvalue weighted by Crippen LogP contribution is 2.10. The number of hydrogen-bond acceptors (Lipinski definition) is 3. The number of aromatic nitrogens is 2. The average molecular weight is 220 g/mol. The van der Waals surface area contributed by atoms with Crippen molar-refractivity contribution in [2.24, 2.45) is 0 Å². The number of rotatable bonds is 1. The Labute approximate surface area is 90.4 Å². The number of fused-ring (bicyclic) bond motifs is 1. The smallest absolute Gasteiger partial charge is 0.263 e. The topological polar surface area (TPSA) is 58.2 Å². The maximum atomic E-state index is 11.8. The Morgan fingerprint density at radius 3 is 3.07 bits per heavy atom. The van der Waals surface area contributed by atoms with Crippen LogP contribution >= 0.6 is 11.6 Å². The SMILES string of the molecule is N#CCc1c(Cl)nc2ccccn2c1=O. The van der Waals surface area contributed by atoms with Crippen LogP contribution in [0.1, 0.15) is 5.56 Å². The lowest BCUT2D eigenvalue weighted by molar-refractivity contribution is 0.995. The Balaban J connectivity index is 2.86. The Morgan fingerprint density at radius 2 is 2.33 bits per heavy atom. The van der Waals surface area contributed by atoms with Gasteiger partial charge in [-0.15, -0.1) is 0 Å². The molecule has 0 aliphatic carbocycles. The summed E-state index contributed by atoms with van der Waals surface area (Å²) in [6.45, 7) is 0. The first-order valence-corrected chi connectivity index (χ1v) is 4.64. The van der Waals surface area contributed by atoms with Crippen molar-refractivity contribution in [3.05, 3.63) is 45.5 Å². The summed E-state index contributed by atoms with van der Waals surface area (Å²) >= 11 is 5.81. The zero-order valence-corrected chi connectivity index (χ0v) is 8.40. The molecule has 15 heavy (non-hydrogen) atoms. The monoisotopic (exact) mass is 219 g/mol. The molecule has 0 amide bonds. The quantitative estimate of drug-likeness (QED) is 0.682. The second-order valence-corrected chi connectivity index (χ2v) is 3.31. The standard InChI is InChI=1S/C10H6ClN3O/c11-9-7(4-5-12)10(15)14-6-2-1-3-8(14)13-9/h1-3,6H,4H2. The number of pyridine rings is 1. The molecule has 0 saturated heterocycles. The largest absolute Gasteiger partial charge is 0.268 e. The molecular formula is C10H6ClN3O. The van der Waals surface area contributed by atoms with E-state index in [1.807, 2.05) is 6.07 Å². The van der Waals surface area contributed by atoms with Gasteiger partial charge in [0.05, 0.1) is 18.1 Å². The first kappa shape index (κ1) is 9.69. The van der Waals surface area contributed by atoms with E-state index in [4.69, 9.17) is 16.9 Å². The van der Waals surface area contributed by atoms with E-state index in [9.17, 15) is 4.79 Å². The third-order valence-electron chi connectivity index (χ3n) is 2.03. The summed E-state index contributed by atoms with van der Waals surface area (Å²) in [6, 6.07) is 7.06. The normalized spacial score (nSPS) is 10.1.